The Hall–Kier alpha value is -3.04. The molecule has 1 amide bonds. The number of aliphatic hydroxyl groups is 2. The van der Waals surface area contributed by atoms with Gasteiger partial charge in [0, 0.05) is 12.6 Å². The quantitative estimate of drug-likeness (QED) is 0.511. The molecule has 0 radical (unpaired) electrons. The van der Waals surface area contributed by atoms with Gasteiger partial charge in [-0.3, -0.25) is 10.1 Å². The molecule has 2 aromatic rings. The number of ether oxygens (including phenoxy) is 1. The van der Waals surface area contributed by atoms with Crippen LogP contribution in [0, 0.1) is 15.9 Å². The second-order valence-electron chi connectivity index (χ2n) is 5.42. The molecule has 8 nitrogen and oxygen atoms in total. The first-order valence-corrected chi connectivity index (χ1v) is 7.63. The Morgan fingerprint density at radius 2 is 1.92 bits per heavy atom. The summed E-state index contributed by atoms with van der Waals surface area (Å²) in [6.45, 7) is -0.313. The lowest BCUT2D eigenvalue weighted by Crippen LogP contribution is -2.35. The average Bonchev–Trinajstić information content (AvgIpc) is 2.64. The highest BCUT2D eigenvalue weighted by molar-refractivity contribution is 5.67. The number of rotatable bonds is 7. The van der Waals surface area contributed by atoms with Crippen LogP contribution in [0.5, 0.6) is 0 Å². The van der Waals surface area contributed by atoms with E-state index in [9.17, 15) is 29.5 Å². The predicted molar refractivity (Wildman–Crippen MR) is 88.7 cm³/mol. The van der Waals surface area contributed by atoms with Gasteiger partial charge in [0.25, 0.3) is 0 Å². The molecular formula is C17H17FN2O6. The summed E-state index contributed by atoms with van der Waals surface area (Å²) >= 11 is 0. The van der Waals surface area contributed by atoms with Gasteiger partial charge in [0.1, 0.15) is 18.8 Å². The van der Waals surface area contributed by atoms with Crippen LogP contribution in [-0.4, -0.2) is 33.9 Å². The summed E-state index contributed by atoms with van der Waals surface area (Å²) in [4.78, 5) is 21.3. The van der Waals surface area contributed by atoms with Crippen LogP contribution in [0.15, 0.2) is 48.5 Å². The fourth-order valence-corrected chi connectivity index (χ4v) is 2.15. The lowest BCUT2D eigenvalue weighted by Gasteiger charge is -2.18. The van der Waals surface area contributed by atoms with Gasteiger partial charge in [-0.25, -0.2) is 4.79 Å². The molecule has 26 heavy (non-hydrogen) atoms. The SMILES string of the molecule is O=C(NCC(O)C(O)c1ccc([N+](=O)[O-])c(F)c1)OCc1ccccc1. The van der Waals surface area contributed by atoms with Crippen molar-refractivity contribution >= 4 is 11.8 Å². The van der Waals surface area contributed by atoms with Crippen molar-refractivity contribution in [2.24, 2.45) is 0 Å². The molecule has 0 aliphatic rings. The molecule has 0 aliphatic carbocycles. The number of alkyl carbamates (subject to hydrolysis) is 1. The molecule has 0 fully saturated rings. The monoisotopic (exact) mass is 364 g/mol. The molecule has 9 heteroatoms. The normalized spacial score (nSPS) is 12.9. The molecule has 0 heterocycles. The number of carbonyl (C=O) groups excluding carboxylic acids is 1. The van der Waals surface area contributed by atoms with Gasteiger partial charge in [-0.1, -0.05) is 30.3 Å². The largest absolute Gasteiger partial charge is 0.445 e. The van der Waals surface area contributed by atoms with Gasteiger partial charge in [0.15, 0.2) is 0 Å². The number of carbonyl (C=O) groups is 1. The van der Waals surface area contributed by atoms with E-state index < -0.39 is 34.7 Å². The molecule has 0 saturated heterocycles. The first-order chi connectivity index (χ1) is 12.4. The lowest BCUT2D eigenvalue weighted by atomic mass is 10.0. The molecule has 0 aliphatic heterocycles. The van der Waals surface area contributed by atoms with Crippen LogP contribution >= 0.6 is 0 Å². The summed E-state index contributed by atoms with van der Waals surface area (Å²) in [6.07, 6.45) is -3.80. The summed E-state index contributed by atoms with van der Waals surface area (Å²) in [7, 11) is 0. The number of hydrogen-bond donors (Lipinski definition) is 3. The molecule has 138 valence electrons. The van der Waals surface area contributed by atoms with Crippen LogP contribution in [-0.2, 0) is 11.3 Å². The number of halogens is 1. The topological polar surface area (TPSA) is 122 Å². The molecule has 0 aromatic heterocycles. The van der Waals surface area contributed by atoms with Crippen molar-refractivity contribution in [3.05, 3.63) is 75.6 Å². The minimum absolute atomic E-state index is 0.0406. The van der Waals surface area contributed by atoms with Crippen LogP contribution in [0.4, 0.5) is 14.9 Å². The van der Waals surface area contributed by atoms with Crippen LogP contribution in [0.1, 0.15) is 17.2 Å². The Morgan fingerprint density at radius 3 is 2.54 bits per heavy atom. The number of nitro groups is 1. The molecule has 0 spiro atoms. The maximum Gasteiger partial charge on any atom is 0.407 e. The number of amides is 1. The zero-order valence-electron chi connectivity index (χ0n) is 13.5. The molecule has 0 saturated carbocycles. The Bertz CT molecular complexity index is 771. The second-order valence-corrected chi connectivity index (χ2v) is 5.42. The minimum Gasteiger partial charge on any atom is -0.445 e. The van der Waals surface area contributed by atoms with Crippen LogP contribution in [0.2, 0.25) is 0 Å². The number of aliphatic hydroxyl groups excluding tert-OH is 2. The van der Waals surface area contributed by atoms with Crippen molar-refractivity contribution in [1.29, 1.82) is 0 Å². The van der Waals surface area contributed by atoms with Crippen molar-refractivity contribution in [3.8, 4) is 0 Å². The Balaban J connectivity index is 1.84. The van der Waals surface area contributed by atoms with E-state index in [0.29, 0.717) is 0 Å². The Morgan fingerprint density at radius 1 is 1.23 bits per heavy atom. The van der Waals surface area contributed by atoms with Gasteiger partial charge in [-0.15, -0.1) is 0 Å². The molecule has 2 atom stereocenters. The highest BCUT2D eigenvalue weighted by Gasteiger charge is 2.22. The fourth-order valence-electron chi connectivity index (χ4n) is 2.15. The van der Waals surface area contributed by atoms with Crippen molar-refractivity contribution < 1.29 is 29.1 Å². The molecule has 2 aromatic carbocycles. The van der Waals surface area contributed by atoms with E-state index in [2.05, 4.69) is 5.32 Å². The van der Waals surface area contributed by atoms with E-state index in [0.717, 1.165) is 23.8 Å². The third kappa shape index (κ3) is 5.23. The van der Waals surface area contributed by atoms with Crippen molar-refractivity contribution in [3.63, 3.8) is 0 Å². The second kappa shape index (κ2) is 8.88. The summed E-state index contributed by atoms with van der Waals surface area (Å²) < 4.78 is 18.5. The van der Waals surface area contributed by atoms with Gasteiger partial charge in [-0.2, -0.15) is 4.39 Å². The summed E-state index contributed by atoms with van der Waals surface area (Å²) in [6, 6.07) is 11.7. The van der Waals surface area contributed by atoms with Crippen LogP contribution < -0.4 is 5.32 Å². The highest BCUT2D eigenvalue weighted by Crippen LogP contribution is 2.23. The van der Waals surface area contributed by atoms with Gasteiger partial charge in [-0.05, 0) is 23.3 Å². The number of nitrogens with one attached hydrogen (secondary N) is 1. The summed E-state index contributed by atoms with van der Waals surface area (Å²) in [5, 5.41) is 32.7. The van der Waals surface area contributed by atoms with Gasteiger partial charge in [0.2, 0.25) is 5.82 Å². The number of hydrogen-bond acceptors (Lipinski definition) is 6. The predicted octanol–water partition coefficient (Wildman–Crippen LogP) is 2.05. The fraction of sp³-hybridized carbons (Fsp3) is 0.235. The average molecular weight is 364 g/mol. The maximum absolute atomic E-state index is 13.6. The third-order valence-corrected chi connectivity index (χ3v) is 3.54. The van der Waals surface area contributed by atoms with Crippen molar-refractivity contribution in [2.45, 2.75) is 18.8 Å². The van der Waals surface area contributed by atoms with E-state index in [-0.39, 0.29) is 18.7 Å². The van der Waals surface area contributed by atoms with Crippen LogP contribution in [0.25, 0.3) is 0 Å². The summed E-state index contributed by atoms with van der Waals surface area (Å²) in [5.74, 6) is -1.13. The molecule has 2 unspecified atom stereocenters. The van der Waals surface area contributed by atoms with Gasteiger partial charge in [0.05, 0.1) is 4.92 Å². The number of nitro benzene ring substituents is 1. The molecule has 3 N–H and O–H groups in total. The highest BCUT2D eigenvalue weighted by atomic mass is 19.1. The Kier molecular flexibility index (Phi) is 6.59. The third-order valence-electron chi connectivity index (χ3n) is 3.54. The molecule has 0 bridgehead atoms. The number of benzene rings is 2. The molecule has 2 rings (SSSR count). The number of nitrogens with zero attached hydrogens (tertiary/aromatic N) is 1. The van der Waals surface area contributed by atoms with Gasteiger partial charge >= 0.3 is 11.8 Å². The first-order valence-electron chi connectivity index (χ1n) is 7.63. The van der Waals surface area contributed by atoms with Crippen molar-refractivity contribution in [2.75, 3.05) is 6.54 Å². The summed E-state index contributed by atoms with van der Waals surface area (Å²) in [5.41, 5.74) is -0.0114. The first kappa shape index (κ1) is 19.3. The van der Waals surface area contributed by atoms with Gasteiger partial charge < -0.3 is 20.3 Å². The van der Waals surface area contributed by atoms with E-state index in [1.165, 1.54) is 0 Å². The van der Waals surface area contributed by atoms with E-state index in [1.807, 2.05) is 6.07 Å². The molecular weight excluding hydrogens is 347 g/mol. The maximum atomic E-state index is 13.6. The smallest absolute Gasteiger partial charge is 0.407 e. The Labute approximate surface area is 148 Å². The zero-order valence-corrected chi connectivity index (χ0v) is 13.5. The van der Waals surface area contributed by atoms with E-state index in [1.54, 1.807) is 24.3 Å². The lowest BCUT2D eigenvalue weighted by molar-refractivity contribution is -0.387. The van der Waals surface area contributed by atoms with E-state index >= 15 is 0 Å². The standard InChI is InChI=1S/C17H17FN2O6/c18-13-8-12(6-7-14(13)20(24)25)16(22)15(21)9-19-17(23)26-10-11-4-2-1-3-5-11/h1-8,15-16,21-22H,9-10H2,(H,19,23). The van der Waals surface area contributed by atoms with Crippen molar-refractivity contribution in [1.82, 2.24) is 5.32 Å². The van der Waals surface area contributed by atoms with Crippen LogP contribution in [0.3, 0.4) is 0 Å². The zero-order chi connectivity index (χ0) is 19.1. The van der Waals surface area contributed by atoms with E-state index in [4.69, 9.17) is 4.74 Å². The minimum atomic E-state index is -1.54.